The zero-order valence-corrected chi connectivity index (χ0v) is 16.4. The third-order valence-electron chi connectivity index (χ3n) is 4.64. The Balaban J connectivity index is 1.99. The van der Waals surface area contributed by atoms with Gasteiger partial charge < -0.3 is 19.4 Å². The number of hydrogen-bond donors (Lipinski definition) is 0. The first-order chi connectivity index (χ1) is 13.0. The van der Waals surface area contributed by atoms with Crippen molar-refractivity contribution < 1.29 is 19.1 Å². The monoisotopic (exact) mass is 375 g/mol. The van der Waals surface area contributed by atoms with Crippen molar-refractivity contribution in [1.29, 1.82) is 0 Å². The number of ether oxygens (including phenoxy) is 1. The second-order valence-electron chi connectivity index (χ2n) is 6.64. The lowest BCUT2D eigenvalue weighted by Crippen LogP contribution is -2.50. The molecule has 0 spiro atoms. The zero-order chi connectivity index (χ0) is 19.8. The number of rotatable bonds is 6. The fourth-order valence-electron chi connectivity index (χ4n) is 2.99. The number of carbonyl (C=O) groups is 3. The molecule has 7 nitrogen and oxygen atoms in total. The number of hydrogen-bond acceptors (Lipinski definition) is 4. The molecule has 27 heavy (non-hydrogen) atoms. The van der Waals surface area contributed by atoms with E-state index in [0.717, 1.165) is 12.8 Å². The van der Waals surface area contributed by atoms with Gasteiger partial charge in [-0.2, -0.15) is 0 Å². The quantitative estimate of drug-likeness (QED) is 0.766. The van der Waals surface area contributed by atoms with E-state index in [2.05, 4.69) is 6.92 Å². The Bertz CT molecular complexity index is 669. The summed E-state index contributed by atoms with van der Waals surface area (Å²) < 4.78 is 5.00. The number of piperazine rings is 1. The van der Waals surface area contributed by atoms with Crippen molar-refractivity contribution in [3.63, 3.8) is 0 Å². The molecule has 0 radical (unpaired) electrons. The predicted octanol–water partition coefficient (Wildman–Crippen LogP) is 2.47. The molecular formula is C20H29N3O4. The molecule has 1 saturated heterocycles. The lowest BCUT2D eigenvalue weighted by atomic mass is 10.1. The maximum absolute atomic E-state index is 12.8. The molecule has 2 rings (SSSR count). The van der Waals surface area contributed by atoms with Crippen LogP contribution >= 0.6 is 0 Å². The molecule has 0 aromatic heterocycles. The highest BCUT2D eigenvalue weighted by atomic mass is 16.6. The Morgan fingerprint density at radius 2 is 1.67 bits per heavy atom. The summed E-state index contributed by atoms with van der Waals surface area (Å²) in [4.78, 5) is 42.1. The third-order valence-corrected chi connectivity index (χ3v) is 4.64. The van der Waals surface area contributed by atoms with Crippen LogP contribution in [0.4, 0.5) is 4.79 Å². The molecule has 1 aromatic rings. The van der Waals surface area contributed by atoms with Crippen molar-refractivity contribution in [2.45, 2.75) is 26.7 Å². The summed E-state index contributed by atoms with van der Waals surface area (Å²) in [7, 11) is 1.78. The minimum Gasteiger partial charge on any atom is -0.450 e. The van der Waals surface area contributed by atoms with Crippen LogP contribution in [-0.4, -0.2) is 79.0 Å². The second-order valence-corrected chi connectivity index (χ2v) is 6.64. The van der Waals surface area contributed by atoms with E-state index in [4.69, 9.17) is 4.74 Å². The van der Waals surface area contributed by atoms with E-state index in [1.54, 1.807) is 52.9 Å². The zero-order valence-electron chi connectivity index (χ0n) is 16.4. The molecule has 1 fully saturated rings. The average molecular weight is 375 g/mol. The van der Waals surface area contributed by atoms with Gasteiger partial charge in [0.05, 0.1) is 6.61 Å². The SMILES string of the molecule is CCCCN(C)C(=O)c1cccc(C(=O)N2CCN(C(=O)OCC)CC2)c1. The van der Waals surface area contributed by atoms with Crippen LogP contribution in [0.25, 0.3) is 0 Å². The lowest BCUT2D eigenvalue weighted by molar-refractivity contribution is 0.0570. The highest BCUT2D eigenvalue weighted by Crippen LogP contribution is 2.13. The largest absolute Gasteiger partial charge is 0.450 e. The van der Waals surface area contributed by atoms with Gasteiger partial charge in [-0.15, -0.1) is 0 Å². The average Bonchev–Trinajstić information content (AvgIpc) is 2.71. The van der Waals surface area contributed by atoms with Crippen molar-refractivity contribution in [2.75, 3.05) is 46.4 Å². The number of unbranched alkanes of at least 4 members (excludes halogenated alkanes) is 1. The Morgan fingerprint density at radius 3 is 2.30 bits per heavy atom. The van der Waals surface area contributed by atoms with Crippen LogP contribution in [0.3, 0.4) is 0 Å². The van der Waals surface area contributed by atoms with E-state index < -0.39 is 0 Å². The lowest BCUT2D eigenvalue weighted by Gasteiger charge is -2.34. The summed E-state index contributed by atoms with van der Waals surface area (Å²) in [6, 6.07) is 6.86. The summed E-state index contributed by atoms with van der Waals surface area (Å²) in [6.07, 6.45) is 1.63. The maximum Gasteiger partial charge on any atom is 0.409 e. The molecule has 1 heterocycles. The Labute approximate surface area is 160 Å². The van der Waals surface area contributed by atoms with Crippen molar-refractivity contribution in [3.8, 4) is 0 Å². The summed E-state index contributed by atoms with van der Waals surface area (Å²) in [5.74, 6) is -0.199. The molecule has 1 aliphatic heterocycles. The van der Waals surface area contributed by atoms with Crippen LogP contribution in [0.5, 0.6) is 0 Å². The van der Waals surface area contributed by atoms with E-state index in [1.807, 2.05) is 0 Å². The predicted molar refractivity (Wildman–Crippen MR) is 103 cm³/mol. The van der Waals surface area contributed by atoms with E-state index in [-0.39, 0.29) is 17.9 Å². The van der Waals surface area contributed by atoms with Gasteiger partial charge >= 0.3 is 6.09 Å². The summed E-state index contributed by atoms with van der Waals surface area (Å²) >= 11 is 0. The van der Waals surface area contributed by atoms with E-state index >= 15 is 0 Å². The number of carbonyl (C=O) groups excluding carboxylic acids is 3. The molecule has 0 atom stereocenters. The van der Waals surface area contributed by atoms with Crippen LogP contribution in [0.15, 0.2) is 24.3 Å². The molecule has 1 aromatic carbocycles. The fraction of sp³-hybridized carbons (Fsp3) is 0.550. The topological polar surface area (TPSA) is 70.2 Å². The van der Waals surface area contributed by atoms with Crippen molar-refractivity contribution in [1.82, 2.24) is 14.7 Å². The number of nitrogens with zero attached hydrogens (tertiary/aromatic N) is 3. The van der Waals surface area contributed by atoms with Crippen molar-refractivity contribution in [2.24, 2.45) is 0 Å². The van der Waals surface area contributed by atoms with Crippen LogP contribution in [-0.2, 0) is 4.74 Å². The minimum absolute atomic E-state index is 0.0785. The van der Waals surface area contributed by atoms with E-state index in [0.29, 0.717) is 50.5 Å². The second kappa shape index (κ2) is 9.94. The summed E-state index contributed by atoms with van der Waals surface area (Å²) in [6.45, 7) is 6.68. The van der Waals surface area contributed by atoms with Crippen LogP contribution in [0.2, 0.25) is 0 Å². The molecule has 7 heteroatoms. The van der Waals surface area contributed by atoms with Crippen molar-refractivity contribution >= 4 is 17.9 Å². The Hall–Kier alpha value is -2.57. The highest BCUT2D eigenvalue weighted by Gasteiger charge is 2.26. The van der Waals surface area contributed by atoms with Gasteiger partial charge in [0.25, 0.3) is 11.8 Å². The number of benzene rings is 1. The maximum atomic E-state index is 12.8. The van der Waals surface area contributed by atoms with Gasteiger partial charge in [-0.3, -0.25) is 9.59 Å². The van der Waals surface area contributed by atoms with Crippen LogP contribution in [0.1, 0.15) is 47.4 Å². The fourth-order valence-corrected chi connectivity index (χ4v) is 2.99. The van der Waals surface area contributed by atoms with Gasteiger partial charge in [0.15, 0.2) is 0 Å². The molecule has 1 aliphatic rings. The van der Waals surface area contributed by atoms with Gasteiger partial charge in [0.2, 0.25) is 0 Å². The molecular weight excluding hydrogens is 346 g/mol. The van der Waals surface area contributed by atoms with Gasteiger partial charge in [0.1, 0.15) is 0 Å². The van der Waals surface area contributed by atoms with Crippen molar-refractivity contribution in [3.05, 3.63) is 35.4 Å². The molecule has 0 aliphatic carbocycles. The third kappa shape index (κ3) is 5.45. The standard InChI is InChI=1S/C20H29N3O4/c1-4-6-10-21(3)18(24)16-8-7-9-17(15-16)19(25)22-11-13-23(14-12-22)20(26)27-5-2/h7-9,15H,4-6,10-14H2,1-3H3. The van der Waals surface area contributed by atoms with Gasteiger partial charge in [-0.05, 0) is 31.5 Å². The van der Waals surface area contributed by atoms with E-state index in [1.165, 1.54) is 0 Å². The van der Waals surface area contributed by atoms with Gasteiger partial charge in [-0.1, -0.05) is 19.4 Å². The van der Waals surface area contributed by atoms with E-state index in [9.17, 15) is 14.4 Å². The smallest absolute Gasteiger partial charge is 0.409 e. The first kappa shape index (κ1) is 20.7. The van der Waals surface area contributed by atoms with Crippen LogP contribution in [0, 0.1) is 0 Å². The molecule has 3 amide bonds. The summed E-state index contributed by atoms with van der Waals surface area (Å²) in [5, 5.41) is 0. The molecule has 148 valence electrons. The first-order valence-corrected chi connectivity index (χ1v) is 9.54. The highest BCUT2D eigenvalue weighted by molar-refractivity contribution is 5.99. The number of amides is 3. The molecule has 0 bridgehead atoms. The summed E-state index contributed by atoms with van der Waals surface area (Å²) in [5.41, 5.74) is 1.01. The first-order valence-electron chi connectivity index (χ1n) is 9.54. The van der Waals surface area contributed by atoms with Gasteiger partial charge in [0, 0.05) is 50.9 Å². The Kier molecular flexibility index (Phi) is 7.64. The minimum atomic E-state index is -0.340. The molecule has 0 saturated carbocycles. The Morgan fingerprint density at radius 1 is 1.04 bits per heavy atom. The van der Waals surface area contributed by atoms with Gasteiger partial charge in [-0.25, -0.2) is 4.79 Å². The normalized spacial score (nSPS) is 14.0. The van der Waals surface area contributed by atoms with Crippen LogP contribution < -0.4 is 0 Å². The molecule has 0 N–H and O–H groups in total. The molecule has 0 unspecified atom stereocenters.